The molecule has 0 spiro atoms. The van der Waals surface area contributed by atoms with Crippen molar-refractivity contribution in [3.63, 3.8) is 0 Å². The quantitative estimate of drug-likeness (QED) is 0.729. The molecule has 0 unspecified atom stereocenters. The number of hydrogen-bond donors (Lipinski definition) is 2. The second kappa shape index (κ2) is 8.23. The van der Waals surface area contributed by atoms with Crippen molar-refractivity contribution in [2.75, 3.05) is 5.32 Å². The molecule has 0 aliphatic rings. The number of amides is 1. The highest BCUT2D eigenvalue weighted by Crippen LogP contribution is 2.17. The fourth-order valence-electron chi connectivity index (χ4n) is 1.90. The maximum atomic E-state index is 11.9. The highest BCUT2D eigenvalue weighted by atomic mass is 32.1. The molecule has 0 saturated heterocycles. The number of carbonyl (C=O) groups excluding carboxylic acids is 1. The van der Waals surface area contributed by atoms with Crippen LogP contribution in [-0.4, -0.2) is 27.2 Å². The number of benzene rings is 1. The lowest BCUT2D eigenvalue weighted by molar-refractivity contribution is -0.137. The van der Waals surface area contributed by atoms with E-state index in [2.05, 4.69) is 15.5 Å². The van der Waals surface area contributed by atoms with Gasteiger partial charge in [-0.3, -0.25) is 9.59 Å². The smallest absolute Gasteiger partial charge is 0.303 e. The largest absolute Gasteiger partial charge is 0.481 e. The van der Waals surface area contributed by atoms with Crippen molar-refractivity contribution in [3.05, 3.63) is 40.9 Å². The van der Waals surface area contributed by atoms with E-state index in [-0.39, 0.29) is 12.3 Å². The maximum Gasteiger partial charge on any atom is 0.303 e. The van der Waals surface area contributed by atoms with Gasteiger partial charge in [0, 0.05) is 12.8 Å². The van der Waals surface area contributed by atoms with E-state index in [4.69, 9.17) is 5.11 Å². The lowest BCUT2D eigenvalue weighted by Crippen LogP contribution is -2.14. The second-order valence-corrected chi connectivity index (χ2v) is 5.87. The Morgan fingerprint density at radius 1 is 1.14 bits per heavy atom. The van der Waals surface area contributed by atoms with E-state index >= 15 is 0 Å². The summed E-state index contributed by atoms with van der Waals surface area (Å²) in [5.74, 6) is -0.911. The molecule has 0 fully saturated rings. The van der Waals surface area contributed by atoms with Gasteiger partial charge in [-0.15, -0.1) is 10.2 Å². The Bertz CT molecular complexity index is 628. The van der Waals surface area contributed by atoms with Gasteiger partial charge in [-0.1, -0.05) is 41.7 Å². The van der Waals surface area contributed by atoms with E-state index < -0.39 is 5.97 Å². The summed E-state index contributed by atoms with van der Waals surface area (Å²) in [5, 5.41) is 20.5. The Balaban J connectivity index is 1.76. The predicted octanol–water partition coefficient (Wildman–Crippen LogP) is 2.52. The van der Waals surface area contributed by atoms with Crippen molar-refractivity contribution in [1.29, 1.82) is 0 Å². The lowest BCUT2D eigenvalue weighted by Gasteiger charge is -2.00. The van der Waals surface area contributed by atoms with Crippen molar-refractivity contribution in [3.8, 4) is 0 Å². The van der Waals surface area contributed by atoms with Crippen LogP contribution in [0.3, 0.4) is 0 Å². The van der Waals surface area contributed by atoms with Crippen LogP contribution in [0.5, 0.6) is 0 Å². The normalized spacial score (nSPS) is 10.4. The molecule has 0 saturated carbocycles. The van der Waals surface area contributed by atoms with E-state index in [9.17, 15) is 9.59 Å². The molecule has 2 aromatic rings. The molecule has 6 nitrogen and oxygen atoms in total. The number of rotatable bonds is 8. The van der Waals surface area contributed by atoms with Gasteiger partial charge in [0.05, 0.1) is 6.42 Å². The number of nitrogens with one attached hydrogen (secondary N) is 1. The Labute approximate surface area is 132 Å². The SMILES string of the molecule is O=C(O)CCCCc1nnc(NC(=O)Cc2ccccc2)s1. The molecule has 0 aliphatic heterocycles. The standard InChI is InChI=1S/C15H17N3O3S/c19-12(10-11-6-2-1-3-7-11)16-15-18-17-13(22-15)8-4-5-9-14(20)21/h1-3,6-7H,4-5,8-10H2,(H,20,21)(H,16,18,19). The third-order valence-corrected chi connectivity index (χ3v) is 3.85. The summed E-state index contributed by atoms with van der Waals surface area (Å²) in [6, 6.07) is 9.48. The van der Waals surface area contributed by atoms with Gasteiger partial charge in [0.25, 0.3) is 0 Å². The number of carboxylic acids is 1. The van der Waals surface area contributed by atoms with Gasteiger partial charge in [-0.25, -0.2) is 0 Å². The fourth-order valence-corrected chi connectivity index (χ4v) is 2.70. The number of unbranched alkanes of at least 4 members (excludes halogenated alkanes) is 1. The lowest BCUT2D eigenvalue weighted by atomic mass is 10.1. The highest BCUT2D eigenvalue weighted by molar-refractivity contribution is 7.15. The molecule has 2 rings (SSSR count). The molecule has 1 aromatic carbocycles. The summed E-state index contributed by atoms with van der Waals surface area (Å²) >= 11 is 1.33. The van der Waals surface area contributed by atoms with Gasteiger partial charge >= 0.3 is 5.97 Å². The minimum absolute atomic E-state index is 0.125. The highest BCUT2D eigenvalue weighted by Gasteiger charge is 2.09. The number of carboxylic acid groups (broad SMARTS) is 1. The first-order valence-electron chi connectivity index (χ1n) is 7.01. The molecule has 1 amide bonds. The summed E-state index contributed by atoms with van der Waals surface area (Å²) in [5.41, 5.74) is 0.943. The average molecular weight is 319 g/mol. The number of anilines is 1. The van der Waals surface area contributed by atoms with Gasteiger partial charge in [0.15, 0.2) is 0 Å². The van der Waals surface area contributed by atoms with E-state index in [1.165, 1.54) is 11.3 Å². The zero-order chi connectivity index (χ0) is 15.8. The molecule has 0 atom stereocenters. The Morgan fingerprint density at radius 3 is 2.64 bits per heavy atom. The first-order chi connectivity index (χ1) is 10.6. The third kappa shape index (κ3) is 5.61. The van der Waals surface area contributed by atoms with Crippen molar-refractivity contribution in [2.24, 2.45) is 0 Å². The topological polar surface area (TPSA) is 92.2 Å². The van der Waals surface area contributed by atoms with E-state index in [0.717, 1.165) is 17.0 Å². The molecule has 0 radical (unpaired) electrons. The van der Waals surface area contributed by atoms with Crippen LogP contribution in [0.1, 0.15) is 29.8 Å². The van der Waals surface area contributed by atoms with Gasteiger partial charge in [-0.2, -0.15) is 0 Å². The molecule has 0 aliphatic carbocycles. The monoisotopic (exact) mass is 319 g/mol. The van der Waals surface area contributed by atoms with Crippen molar-refractivity contribution >= 4 is 28.3 Å². The zero-order valence-electron chi connectivity index (χ0n) is 12.0. The average Bonchev–Trinajstić information content (AvgIpc) is 2.92. The molecule has 22 heavy (non-hydrogen) atoms. The molecular weight excluding hydrogens is 302 g/mol. The molecule has 2 N–H and O–H groups in total. The molecule has 1 aromatic heterocycles. The van der Waals surface area contributed by atoms with Crippen LogP contribution < -0.4 is 5.32 Å². The van der Waals surface area contributed by atoms with Gasteiger partial charge in [-0.05, 0) is 18.4 Å². The van der Waals surface area contributed by atoms with E-state index in [1.807, 2.05) is 30.3 Å². The van der Waals surface area contributed by atoms with Crippen LogP contribution in [0.15, 0.2) is 30.3 Å². The minimum atomic E-state index is -0.786. The third-order valence-electron chi connectivity index (χ3n) is 2.95. The Kier molecular flexibility index (Phi) is 6.02. The maximum absolute atomic E-state index is 11.9. The Hall–Kier alpha value is -2.28. The summed E-state index contributed by atoms with van der Waals surface area (Å²) in [7, 11) is 0. The van der Waals surface area contributed by atoms with Gasteiger partial charge in [0.2, 0.25) is 11.0 Å². The second-order valence-electron chi connectivity index (χ2n) is 4.81. The molecule has 7 heteroatoms. The first kappa shape index (κ1) is 16.1. The molecular formula is C15H17N3O3S. The van der Waals surface area contributed by atoms with Crippen molar-refractivity contribution in [1.82, 2.24) is 10.2 Å². The molecule has 0 bridgehead atoms. The number of nitrogens with zero attached hydrogens (tertiary/aromatic N) is 2. The number of aryl methyl sites for hydroxylation is 1. The number of aromatic nitrogens is 2. The minimum Gasteiger partial charge on any atom is -0.481 e. The predicted molar refractivity (Wildman–Crippen MR) is 83.9 cm³/mol. The van der Waals surface area contributed by atoms with Crippen molar-refractivity contribution in [2.45, 2.75) is 32.1 Å². The van der Waals surface area contributed by atoms with Crippen LogP contribution in [0, 0.1) is 0 Å². The summed E-state index contributed by atoms with van der Waals surface area (Å²) < 4.78 is 0. The summed E-state index contributed by atoms with van der Waals surface area (Å²) in [6.45, 7) is 0. The van der Waals surface area contributed by atoms with Crippen LogP contribution in [0.2, 0.25) is 0 Å². The van der Waals surface area contributed by atoms with Crippen LogP contribution >= 0.6 is 11.3 Å². The number of carbonyl (C=O) groups is 2. The van der Waals surface area contributed by atoms with Gasteiger partial charge in [0.1, 0.15) is 5.01 Å². The zero-order valence-corrected chi connectivity index (χ0v) is 12.8. The van der Waals surface area contributed by atoms with Gasteiger partial charge < -0.3 is 10.4 Å². The summed E-state index contributed by atoms with van der Waals surface area (Å²) in [4.78, 5) is 22.3. The van der Waals surface area contributed by atoms with Crippen LogP contribution in [0.25, 0.3) is 0 Å². The molecule has 1 heterocycles. The summed E-state index contributed by atoms with van der Waals surface area (Å²) in [6.07, 6.45) is 2.51. The number of hydrogen-bond acceptors (Lipinski definition) is 5. The Morgan fingerprint density at radius 2 is 1.91 bits per heavy atom. The first-order valence-corrected chi connectivity index (χ1v) is 7.83. The fraction of sp³-hybridized carbons (Fsp3) is 0.333. The number of aliphatic carboxylic acids is 1. The van der Waals surface area contributed by atoms with Crippen LogP contribution in [-0.2, 0) is 22.4 Å². The van der Waals surface area contributed by atoms with E-state index in [1.54, 1.807) is 0 Å². The van der Waals surface area contributed by atoms with Crippen LogP contribution in [0.4, 0.5) is 5.13 Å². The molecule has 116 valence electrons. The van der Waals surface area contributed by atoms with E-state index in [0.29, 0.717) is 24.4 Å². The van der Waals surface area contributed by atoms with Crippen molar-refractivity contribution < 1.29 is 14.7 Å².